The monoisotopic (exact) mass is 591 g/mol. The summed E-state index contributed by atoms with van der Waals surface area (Å²) in [5.74, 6) is -0.382. The molecule has 0 radical (unpaired) electrons. The Morgan fingerprint density at radius 2 is 1.50 bits per heavy atom. The summed E-state index contributed by atoms with van der Waals surface area (Å²) < 4.78 is 26.9. The summed E-state index contributed by atoms with van der Waals surface area (Å²) in [6, 6.07) is 22.6. The first-order valence-electron chi connectivity index (χ1n) is 14.6. The lowest BCUT2D eigenvalue weighted by molar-refractivity contribution is -0.141. The molecule has 0 aliphatic carbocycles. The van der Waals surface area contributed by atoms with Crippen LogP contribution in [-0.4, -0.2) is 50.0 Å². The molecule has 0 heterocycles. The average molecular weight is 592 g/mol. The maximum atomic E-state index is 14.0. The summed E-state index contributed by atoms with van der Waals surface area (Å²) in [6.07, 6.45) is 2.75. The van der Waals surface area contributed by atoms with E-state index in [1.807, 2.05) is 107 Å². The summed E-state index contributed by atoms with van der Waals surface area (Å²) in [6.45, 7) is 10.3. The Hall–Kier alpha value is -3.65. The molecule has 0 spiro atoms. The molecule has 3 rings (SSSR count). The van der Waals surface area contributed by atoms with Gasteiger partial charge in [0, 0.05) is 32.0 Å². The minimum atomic E-state index is -3.57. The Balaban J connectivity index is 1.90. The van der Waals surface area contributed by atoms with Crippen molar-refractivity contribution in [2.45, 2.75) is 78.9 Å². The molecule has 226 valence electrons. The number of hydrogen-bond donors (Lipinski definition) is 1. The summed E-state index contributed by atoms with van der Waals surface area (Å²) in [5, 5.41) is 3.09. The molecule has 0 aliphatic rings. The smallest absolute Gasteiger partial charge is 0.243 e. The molecule has 0 aromatic heterocycles. The molecule has 0 bridgehead atoms. The highest BCUT2D eigenvalue weighted by Crippen LogP contribution is 2.23. The van der Waals surface area contributed by atoms with Gasteiger partial charge in [0.05, 0.1) is 11.9 Å². The van der Waals surface area contributed by atoms with Gasteiger partial charge in [-0.15, -0.1) is 0 Å². The fourth-order valence-corrected chi connectivity index (χ4v) is 6.05. The quantitative estimate of drug-likeness (QED) is 0.260. The molecule has 7 nitrogen and oxygen atoms in total. The highest BCUT2D eigenvalue weighted by molar-refractivity contribution is 7.92. The molecule has 0 aliphatic heterocycles. The second kappa shape index (κ2) is 15.0. The van der Waals surface area contributed by atoms with Gasteiger partial charge in [0.1, 0.15) is 6.04 Å². The maximum Gasteiger partial charge on any atom is 0.243 e. The zero-order valence-electron chi connectivity index (χ0n) is 25.8. The van der Waals surface area contributed by atoms with Crippen molar-refractivity contribution >= 4 is 27.5 Å². The van der Waals surface area contributed by atoms with Gasteiger partial charge in [0.25, 0.3) is 0 Å². The number of nitrogens with one attached hydrogen (secondary N) is 1. The maximum absolute atomic E-state index is 14.0. The van der Waals surface area contributed by atoms with Crippen molar-refractivity contribution in [2.24, 2.45) is 0 Å². The first kappa shape index (κ1) is 32.9. The van der Waals surface area contributed by atoms with E-state index >= 15 is 0 Å². The third-order valence-electron chi connectivity index (χ3n) is 7.35. The molecular formula is C34H45N3O4S. The van der Waals surface area contributed by atoms with Gasteiger partial charge in [-0.25, -0.2) is 8.42 Å². The lowest BCUT2D eigenvalue weighted by Gasteiger charge is -2.33. The Morgan fingerprint density at radius 1 is 0.857 bits per heavy atom. The van der Waals surface area contributed by atoms with Crippen LogP contribution in [0.25, 0.3) is 0 Å². The molecule has 0 saturated heterocycles. The van der Waals surface area contributed by atoms with Crippen LogP contribution >= 0.6 is 0 Å². The number of rotatable bonds is 14. The summed E-state index contributed by atoms with van der Waals surface area (Å²) >= 11 is 0. The molecule has 0 fully saturated rings. The summed E-state index contributed by atoms with van der Waals surface area (Å²) in [7, 11) is -3.57. The topological polar surface area (TPSA) is 86.8 Å². The van der Waals surface area contributed by atoms with Gasteiger partial charge in [-0.05, 0) is 74.9 Å². The van der Waals surface area contributed by atoms with Crippen molar-refractivity contribution in [1.29, 1.82) is 0 Å². The SMILES string of the molecule is CC[C@@H](C)NC(=O)[C@H](Cc1ccccc1)N(Cc1cccc(C)c1)C(=O)CCCN(c1cc(C)cc(C)c1)S(C)(=O)=O. The van der Waals surface area contributed by atoms with Crippen molar-refractivity contribution in [2.75, 3.05) is 17.1 Å². The first-order valence-corrected chi connectivity index (χ1v) is 16.5. The average Bonchev–Trinajstić information content (AvgIpc) is 2.92. The predicted octanol–water partition coefficient (Wildman–Crippen LogP) is 5.71. The first-order chi connectivity index (χ1) is 19.9. The van der Waals surface area contributed by atoms with E-state index in [1.165, 1.54) is 10.6 Å². The molecular weight excluding hydrogens is 546 g/mol. The van der Waals surface area contributed by atoms with Crippen molar-refractivity contribution in [3.8, 4) is 0 Å². The molecule has 0 saturated carbocycles. The van der Waals surface area contributed by atoms with E-state index < -0.39 is 16.1 Å². The Bertz CT molecular complexity index is 1440. The lowest BCUT2D eigenvalue weighted by Crippen LogP contribution is -2.52. The van der Waals surface area contributed by atoms with E-state index in [0.717, 1.165) is 34.2 Å². The van der Waals surface area contributed by atoms with Crippen LogP contribution < -0.4 is 9.62 Å². The summed E-state index contributed by atoms with van der Waals surface area (Å²) in [5.41, 5.74) is 5.49. The largest absolute Gasteiger partial charge is 0.352 e. The van der Waals surface area contributed by atoms with Gasteiger partial charge in [-0.2, -0.15) is 0 Å². The van der Waals surface area contributed by atoms with Crippen molar-refractivity contribution in [3.63, 3.8) is 0 Å². The van der Waals surface area contributed by atoms with Gasteiger partial charge in [0.15, 0.2) is 0 Å². The number of aryl methyl sites for hydroxylation is 3. The third kappa shape index (κ3) is 9.72. The second-order valence-electron chi connectivity index (χ2n) is 11.3. The molecule has 3 aromatic carbocycles. The van der Waals surface area contributed by atoms with Crippen LogP contribution in [-0.2, 0) is 32.6 Å². The van der Waals surface area contributed by atoms with Crippen LogP contribution in [0.3, 0.4) is 0 Å². The molecule has 1 N–H and O–H groups in total. The van der Waals surface area contributed by atoms with E-state index in [1.54, 1.807) is 4.90 Å². The van der Waals surface area contributed by atoms with Gasteiger partial charge in [0.2, 0.25) is 21.8 Å². The van der Waals surface area contributed by atoms with E-state index in [4.69, 9.17) is 0 Å². The fraction of sp³-hybridized carbons (Fsp3) is 0.412. The van der Waals surface area contributed by atoms with E-state index in [-0.39, 0.29) is 37.4 Å². The molecule has 0 unspecified atom stereocenters. The highest BCUT2D eigenvalue weighted by Gasteiger charge is 2.31. The van der Waals surface area contributed by atoms with Gasteiger partial charge >= 0.3 is 0 Å². The van der Waals surface area contributed by atoms with Crippen LogP contribution in [0.4, 0.5) is 5.69 Å². The fourth-order valence-electron chi connectivity index (χ4n) is 5.10. The second-order valence-corrected chi connectivity index (χ2v) is 13.2. The Kier molecular flexibility index (Phi) is 11.7. The number of sulfonamides is 1. The number of hydrogen-bond acceptors (Lipinski definition) is 4. The molecule has 8 heteroatoms. The van der Waals surface area contributed by atoms with Crippen LogP contribution in [0.2, 0.25) is 0 Å². The third-order valence-corrected chi connectivity index (χ3v) is 8.55. The number of benzene rings is 3. The minimum Gasteiger partial charge on any atom is -0.352 e. The van der Waals surface area contributed by atoms with Crippen molar-refractivity contribution in [1.82, 2.24) is 10.2 Å². The molecule has 2 atom stereocenters. The van der Waals surface area contributed by atoms with Crippen LogP contribution in [0, 0.1) is 20.8 Å². The minimum absolute atomic E-state index is 0.0344. The molecule has 3 aromatic rings. The van der Waals surface area contributed by atoms with Gasteiger partial charge in [-0.1, -0.05) is 73.2 Å². The van der Waals surface area contributed by atoms with E-state index in [2.05, 4.69) is 5.32 Å². The van der Waals surface area contributed by atoms with E-state index in [0.29, 0.717) is 18.5 Å². The molecule has 2 amide bonds. The van der Waals surface area contributed by atoms with Gasteiger partial charge in [-0.3, -0.25) is 13.9 Å². The Morgan fingerprint density at radius 3 is 2.10 bits per heavy atom. The van der Waals surface area contributed by atoms with Crippen LogP contribution in [0.5, 0.6) is 0 Å². The van der Waals surface area contributed by atoms with Gasteiger partial charge < -0.3 is 10.2 Å². The highest BCUT2D eigenvalue weighted by atomic mass is 32.2. The zero-order valence-corrected chi connectivity index (χ0v) is 26.6. The standard InChI is InChI=1S/C34H45N3O4S/c1-7-28(5)35-34(39)32(23-29-14-9-8-10-15-29)36(24-30-16-11-13-25(2)20-30)33(38)17-12-18-37(42(6,40)41)31-21-26(3)19-27(4)22-31/h8-11,13-16,19-22,28,32H,7,12,17-18,23-24H2,1-6H3,(H,35,39)/t28-,32+/m1/s1. The normalized spacial score (nSPS) is 12.8. The van der Waals surface area contributed by atoms with Crippen molar-refractivity contribution < 1.29 is 18.0 Å². The predicted molar refractivity (Wildman–Crippen MR) is 171 cm³/mol. The number of anilines is 1. The number of nitrogens with zero attached hydrogens (tertiary/aromatic N) is 2. The summed E-state index contributed by atoms with van der Waals surface area (Å²) in [4.78, 5) is 29.3. The Labute approximate surface area is 252 Å². The van der Waals surface area contributed by atoms with Crippen LogP contribution in [0.15, 0.2) is 72.8 Å². The number of amides is 2. The lowest BCUT2D eigenvalue weighted by atomic mass is 10.0. The number of carbonyl (C=O) groups excluding carboxylic acids is 2. The molecule has 42 heavy (non-hydrogen) atoms. The van der Waals surface area contributed by atoms with E-state index in [9.17, 15) is 18.0 Å². The van der Waals surface area contributed by atoms with Crippen LogP contribution in [0.1, 0.15) is 60.9 Å². The van der Waals surface area contributed by atoms with Crippen molar-refractivity contribution in [3.05, 3.63) is 101 Å². The zero-order chi connectivity index (χ0) is 30.9. The number of carbonyl (C=O) groups is 2.